The number of methoxy groups -OCH3 is 1. The van der Waals surface area contributed by atoms with Gasteiger partial charge in [0, 0.05) is 30.8 Å². The van der Waals surface area contributed by atoms with Gasteiger partial charge < -0.3 is 10.1 Å². The van der Waals surface area contributed by atoms with E-state index in [4.69, 9.17) is 4.74 Å². The minimum absolute atomic E-state index is 0.843. The number of rotatable bonds is 7. The molecule has 0 unspecified atom stereocenters. The fraction of sp³-hybridized carbons (Fsp3) is 0.455. The van der Waals surface area contributed by atoms with E-state index in [1.807, 2.05) is 30.0 Å². The molecular formula is C11H17NOS. The Hall–Kier alpha value is -0.670. The van der Waals surface area contributed by atoms with Crippen molar-refractivity contribution in [1.29, 1.82) is 0 Å². The number of para-hydroxylation sites is 1. The monoisotopic (exact) mass is 211 g/mol. The molecule has 1 rings (SSSR count). The lowest BCUT2D eigenvalue weighted by atomic mass is 10.3. The molecule has 0 heterocycles. The Balaban J connectivity index is 1.99. The Morgan fingerprint density at radius 1 is 1.21 bits per heavy atom. The number of anilines is 1. The van der Waals surface area contributed by atoms with Crippen molar-refractivity contribution in [3.63, 3.8) is 0 Å². The molecule has 0 saturated heterocycles. The first-order valence-corrected chi connectivity index (χ1v) is 5.94. The smallest absolute Gasteiger partial charge is 0.0552 e. The number of thioether (sulfide) groups is 1. The van der Waals surface area contributed by atoms with Crippen molar-refractivity contribution in [3.05, 3.63) is 30.3 Å². The van der Waals surface area contributed by atoms with Crippen LogP contribution >= 0.6 is 11.8 Å². The summed E-state index contributed by atoms with van der Waals surface area (Å²) in [4.78, 5) is 0. The van der Waals surface area contributed by atoms with Gasteiger partial charge in [-0.2, -0.15) is 11.8 Å². The number of hydrogen-bond donors (Lipinski definition) is 1. The molecule has 78 valence electrons. The van der Waals surface area contributed by atoms with Gasteiger partial charge in [-0.1, -0.05) is 18.2 Å². The predicted octanol–water partition coefficient (Wildman–Crippen LogP) is 2.48. The van der Waals surface area contributed by atoms with E-state index in [-0.39, 0.29) is 0 Å². The summed E-state index contributed by atoms with van der Waals surface area (Å²) in [7, 11) is 1.74. The standard InChI is InChI=1S/C11H17NOS/c1-13-8-10-14-9-7-12-11-5-3-2-4-6-11/h2-6,12H,7-10H2,1H3. The zero-order valence-corrected chi connectivity index (χ0v) is 9.35. The van der Waals surface area contributed by atoms with Crippen molar-refractivity contribution in [2.75, 3.05) is 37.1 Å². The Labute approximate surface area is 90.0 Å². The lowest BCUT2D eigenvalue weighted by molar-refractivity contribution is 0.218. The summed E-state index contributed by atoms with van der Waals surface area (Å²) in [6, 6.07) is 10.3. The largest absolute Gasteiger partial charge is 0.384 e. The zero-order chi connectivity index (χ0) is 10.1. The Morgan fingerprint density at radius 3 is 2.71 bits per heavy atom. The SMILES string of the molecule is COCCSCCNc1ccccc1. The van der Waals surface area contributed by atoms with Gasteiger partial charge in [0.1, 0.15) is 0 Å². The molecule has 0 fully saturated rings. The molecule has 0 aliphatic rings. The lowest BCUT2D eigenvalue weighted by Gasteiger charge is -2.05. The summed E-state index contributed by atoms with van der Waals surface area (Å²) >= 11 is 1.91. The summed E-state index contributed by atoms with van der Waals surface area (Å²) in [5.74, 6) is 2.20. The topological polar surface area (TPSA) is 21.3 Å². The predicted molar refractivity (Wildman–Crippen MR) is 64.1 cm³/mol. The highest BCUT2D eigenvalue weighted by molar-refractivity contribution is 7.99. The second kappa shape index (κ2) is 7.71. The van der Waals surface area contributed by atoms with Crippen LogP contribution in [0.5, 0.6) is 0 Å². The molecule has 0 atom stereocenters. The maximum atomic E-state index is 4.97. The highest BCUT2D eigenvalue weighted by atomic mass is 32.2. The van der Waals surface area contributed by atoms with E-state index in [0.29, 0.717) is 0 Å². The molecule has 1 aromatic carbocycles. The van der Waals surface area contributed by atoms with E-state index >= 15 is 0 Å². The summed E-state index contributed by atoms with van der Waals surface area (Å²) in [6.45, 7) is 1.86. The summed E-state index contributed by atoms with van der Waals surface area (Å²) in [6.07, 6.45) is 0. The summed E-state index contributed by atoms with van der Waals surface area (Å²) < 4.78 is 4.97. The molecule has 0 aliphatic heterocycles. The average Bonchev–Trinajstić information content (AvgIpc) is 2.25. The zero-order valence-electron chi connectivity index (χ0n) is 8.53. The minimum atomic E-state index is 0.843. The fourth-order valence-corrected chi connectivity index (χ4v) is 1.80. The van der Waals surface area contributed by atoms with Crippen LogP contribution in [0.3, 0.4) is 0 Å². The van der Waals surface area contributed by atoms with Crippen LogP contribution in [0.4, 0.5) is 5.69 Å². The highest BCUT2D eigenvalue weighted by Gasteiger charge is 1.90. The second-order valence-corrected chi connectivity index (χ2v) is 4.12. The van der Waals surface area contributed by atoms with Gasteiger partial charge in [-0.3, -0.25) is 0 Å². The third-order valence-corrected chi connectivity index (χ3v) is 2.73. The molecule has 1 N–H and O–H groups in total. The second-order valence-electron chi connectivity index (χ2n) is 2.90. The average molecular weight is 211 g/mol. The molecule has 0 saturated carbocycles. The Morgan fingerprint density at radius 2 is 2.00 bits per heavy atom. The number of nitrogens with one attached hydrogen (secondary N) is 1. The van der Waals surface area contributed by atoms with E-state index in [1.165, 1.54) is 5.69 Å². The quantitative estimate of drug-likeness (QED) is 0.700. The Kier molecular flexibility index (Phi) is 6.28. The van der Waals surface area contributed by atoms with Crippen molar-refractivity contribution in [3.8, 4) is 0 Å². The van der Waals surface area contributed by atoms with Crippen LogP contribution in [0.1, 0.15) is 0 Å². The molecule has 0 amide bonds. The van der Waals surface area contributed by atoms with E-state index in [1.54, 1.807) is 7.11 Å². The summed E-state index contributed by atoms with van der Waals surface area (Å²) in [5.41, 5.74) is 1.19. The van der Waals surface area contributed by atoms with Crippen molar-refractivity contribution in [2.24, 2.45) is 0 Å². The first-order valence-electron chi connectivity index (χ1n) is 4.79. The van der Waals surface area contributed by atoms with Crippen LogP contribution in [0.2, 0.25) is 0 Å². The maximum Gasteiger partial charge on any atom is 0.0552 e. The van der Waals surface area contributed by atoms with Crippen LogP contribution in [0, 0.1) is 0 Å². The maximum absolute atomic E-state index is 4.97. The van der Waals surface area contributed by atoms with Gasteiger partial charge in [0.25, 0.3) is 0 Å². The van der Waals surface area contributed by atoms with Crippen LogP contribution in [0.15, 0.2) is 30.3 Å². The third kappa shape index (κ3) is 5.14. The van der Waals surface area contributed by atoms with Crippen LogP contribution in [-0.2, 0) is 4.74 Å². The molecule has 0 aliphatic carbocycles. The van der Waals surface area contributed by atoms with Crippen LogP contribution in [-0.4, -0.2) is 31.8 Å². The lowest BCUT2D eigenvalue weighted by Crippen LogP contribution is -2.05. The minimum Gasteiger partial charge on any atom is -0.384 e. The first kappa shape index (κ1) is 11.4. The van der Waals surface area contributed by atoms with E-state index in [9.17, 15) is 0 Å². The van der Waals surface area contributed by atoms with Gasteiger partial charge in [-0.05, 0) is 12.1 Å². The molecule has 0 radical (unpaired) electrons. The van der Waals surface area contributed by atoms with Crippen molar-refractivity contribution < 1.29 is 4.74 Å². The third-order valence-electron chi connectivity index (χ3n) is 1.78. The van der Waals surface area contributed by atoms with Gasteiger partial charge in [0.15, 0.2) is 0 Å². The van der Waals surface area contributed by atoms with Gasteiger partial charge in [-0.25, -0.2) is 0 Å². The molecule has 14 heavy (non-hydrogen) atoms. The van der Waals surface area contributed by atoms with Gasteiger partial charge >= 0.3 is 0 Å². The molecule has 0 bridgehead atoms. The highest BCUT2D eigenvalue weighted by Crippen LogP contribution is 2.05. The summed E-state index contributed by atoms with van der Waals surface area (Å²) in [5, 5.41) is 3.36. The van der Waals surface area contributed by atoms with E-state index in [0.717, 1.165) is 24.7 Å². The van der Waals surface area contributed by atoms with E-state index < -0.39 is 0 Å². The molecule has 2 nitrogen and oxygen atoms in total. The van der Waals surface area contributed by atoms with Gasteiger partial charge in [0.05, 0.1) is 6.61 Å². The van der Waals surface area contributed by atoms with E-state index in [2.05, 4.69) is 17.4 Å². The fourth-order valence-electron chi connectivity index (χ4n) is 1.07. The molecule has 0 spiro atoms. The molecule has 3 heteroatoms. The number of hydrogen-bond acceptors (Lipinski definition) is 3. The van der Waals surface area contributed by atoms with Crippen molar-refractivity contribution in [1.82, 2.24) is 0 Å². The number of benzene rings is 1. The Bertz CT molecular complexity index is 228. The van der Waals surface area contributed by atoms with Gasteiger partial charge in [0.2, 0.25) is 0 Å². The molecule has 0 aromatic heterocycles. The van der Waals surface area contributed by atoms with Crippen LogP contribution in [0.25, 0.3) is 0 Å². The van der Waals surface area contributed by atoms with Crippen LogP contribution < -0.4 is 5.32 Å². The molecular weight excluding hydrogens is 194 g/mol. The number of ether oxygens (including phenoxy) is 1. The van der Waals surface area contributed by atoms with Crippen molar-refractivity contribution in [2.45, 2.75) is 0 Å². The first-order chi connectivity index (χ1) is 6.93. The normalized spacial score (nSPS) is 10.1. The molecule has 1 aromatic rings. The van der Waals surface area contributed by atoms with Gasteiger partial charge in [-0.15, -0.1) is 0 Å². The van der Waals surface area contributed by atoms with Crippen molar-refractivity contribution >= 4 is 17.4 Å².